The molecule has 0 aromatic heterocycles. The third kappa shape index (κ3) is 2.85. The van der Waals surface area contributed by atoms with Gasteiger partial charge in [0.15, 0.2) is 0 Å². The molecule has 0 heterocycles. The van der Waals surface area contributed by atoms with Crippen molar-refractivity contribution in [3.8, 4) is 11.1 Å². The molecule has 0 unspecified atom stereocenters. The van der Waals surface area contributed by atoms with Crippen LogP contribution in [0, 0.1) is 20.3 Å². The highest BCUT2D eigenvalue weighted by atomic mass is 127. The van der Waals surface area contributed by atoms with Gasteiger partial charge in [-0.25, -0.2) is 0 Å². The molecule has 0 N–H and O–H groups in total. The maximum absolute atomic E-state index is 3.38. The molecule has 0 nitrogen and oxygen atoms in total. The smallest absolute Gasteiger partial charge is 0.0360 e. The normalized spacial score (nSPS) is 10.5. The van der Waals surface area contributed by atoms with Gasteiger partial charge >= 0.3 is 0 Å². The molecule has 0 fully saturated rings. The highest BCUT2D eigenvalue weighted by Gasteiger charge is 2.13. The Balaban J connectivity index is 2.74. The van der Waals surface area contributed by atoms with Gasteiger partial charge in [0.2, 0.25) is 0 Å². The summed E-state index contributed by atoms with van der Waals surface area (Å²) in [6.07, 6.45) is 0. The Morgan fingerprint density at radius 2 is 1.25 bits per heavy atom. The molecule has 2 aromatic rings. The van der Waals surface area contributed by atoms with Gasteiger partial charge in [0.1, 0.15) is 0 Å². The summed E-state index contributed by atoms with van der Waals surface area (Å²) in [5.74, 6) is 0. The molecule has 2 rings (SSSR count). The van der Waals surface area contributed by atoms with Gasteiger partial charge in [0.25, 0.3) is 0 Å². The van der Waals surface area contributed by atoms with Crippen LogP contribution in [0.5, 0.6) is 0 Å². The molecule has 0 saturated heterocycles. The van der Waals surface area contributed by atoms with Crippen LogP contribution in [0.25, 0.3) is 11.1 Å². The zero-order valence-corrected chi connectivity index (χ0v) is 16.5. The molecule has 0 atom stereocenters. The molecule has 0 aliphatic heterocycles. The van der Waals surface area contributed by atoms with E-state index in [2.05, 4.69) is 121 Å². The average Bonchev–Trinajstić information content (AvgIpc) is 2.28. The monoisotopic (exact) mass is 657 g/mol. The van der Waals surface area contributed by atoms with Gasteiger partial charge in [0.05, 0.1) is 0 Å². The third-order valence-corrected chi connectivity index (χ3v) is 7.95. The molecule has 0 aliphatic carbocycles. The van der Waals surface area contributed by atoms with Gasteiger partial charge in [-0.2, -0.15) is 0 Å². The summed E-state index contributed by atoms with van der Waals surface area (Å²) >= 11 is 9.50. The van der Waals surface area contributed by atoms with Crippen LogP contribution >= 0.6 is 90.4 Å². The number of halogens is 4. The Bertz CT molecular complexity index is 494. The van der Waals surface area contributed by atoms with E-state index >= 15 is 0 Å². The molecule has 0 bridgehead atoms. The highest BCUT2D eigenvalue weighted by Crippen LogP contribution is 2.35. The first kappa shape index (κ1) is 13.8. The minimum Gasteiger partial charge on any atom is -0.0622 e. The number of hydrogen-bond acceptors (Lipinski definition) is 0. The molecule has 4 heteroatoms. The van der Waals surface area contributed by atoms with Crippen molar-refractivity contribution in [1.29, 1.82) is 0 Å². The summed E-state index contributed by atoms with van der Waals surface area (Å²) in [6.45, 7) is 0. The van der Waals surface area contributed by atoms with Crippen molar-refractivity contribution >= 4 is 90.4 Å². The van der Waals surface area contributed by atoms with Crippen LogP contribution in [0.15, 0.2) is 30.3 Å². The van der Waals surface area contributed by atoms with Crippen molar-refractivity contribution < 1.29 is 0 Å². The first-order valence-electron chi connectivity index (χ1n) is 4.42. The van der Waals surface area contributed by atoms with Crippen molar-refractivity contribution in [2.75, 3.05) is 0 Å². The van der Waals surface area contributed by atoms with Gasteiger partial charge in [-0.3, -0.25) is 0 Å². The van der Waals surface area contributed by atoms with E-state index in [1.807, 2.05) is 6.07 Å². The zero-order chi connectivity index (χ0) is 11.7. The SMILES string of the molecule is Ic1[c]c(I)c(I)c(-c2ccccc2)c1I. The molecule has 0 spiro atoms. The Morgan fingerprint density at radius 3 is 1.75 bits per heavy atom. The van der Waals surface area contributed by atoms with E-state index in [-0.39, 0.29) is 0 Å². The first-order valence-corrected chi connectivity index (χ1v) is 8.73. The molecule has 16 heavy (non-hydrogen) atoms. The number of hydrogen-bond donors (Lipinski definition) is 0. The fraction of sp³-hybridized carbons (Fsp3) is 0. The largest absolute Gasteiger partial charge is 0.0622 e. The lowest BCUT2D eigenvalue weighted by molar-refractivity contribution is 1.46. The predicted molar refractivity (Wildman–Crippen MR) is 102 cm³/mol. The minimum atomic E-state index is 1.20. The van der Waals surface area contributed by atoms with E-state index in [0.717, 1.165) is 0 Å². The van der Waals surface area contributed by atoms with E-state index < -0.39 is 0 Å². The van der Waals surface area contributed by atoms with E-state index in [1.54, 1.807) is 0 Å². The van der Waals surface area contributed by atoms with E-state index in [4.69, 9.17) is 0 Å². The summed E-state index contributed by atoms with van der Waals surface area (Å²) < 4.78 is 4.96. The predicted octanol–water partition coefficient (Wildman–Crippen LogP) is 5.57. The van der Waals surface area contributed by atoms with Crippen molar-refractivity contribution in [3.05, 3.63) is 50.7 Å². The maximum Gasteiger partial charge on any atom is 0.0360 e. The van der Waals surface area contributed by atoms with E-state index in [0.29, 0.717) is 0 Å². The van der Waals surface area contributed by atoms with Crippen LogP contribution < -0.4 is 0 Å². The number of rotatable bonds is 1. The Labute approximate surface area is 150 Å². The van der Waals surface area contributed by atoms with Crippen LogP contribution in [0.4, 0.5) is 0 Å². The molecule has 81 valence electrons. The summed E-state index contributed by atoms with van der Waals surface area (Å²) in [7, 11) is 0. The second-order valence-electron chi connectivity index (χ2n) is 3.12. The zero-order valence-electron chi connectivity index (χ0n) is 7.90. The maximum atomic E-state index is 3.38. The summed E-state index contributed by atoms with van der Waals surface area (Å²) in [5.41, 5.74) is 2.61. The van der Waals surface area contributed by atoms with Crippen LogP contribution in [-0.2, 0) is 0 Å². The Morgan fingerprint density at radius 1 is 0.750 bits per heavy atom. The highest BCUT2D eigenvalue weighted by molar-refractivity contribution is 14.1. The number of benzene rings is 2. The molecule has 0 amide bonds. The third-order valence-electron chi connectivity index (χ3n) is 2.11. The van der Waals surface area contributed by atoms with Gasteiger partial charge < -0.3 is 0 Å². The van der Waals surface area contributed by atoms with Crippen molar-refractivity contribution in [1.82, 2.24) is 0 Å². The standard InChI is InChI=1S/C12H5I4/c13-8-6-9(14)12(16)10(11(8)15)7-4-2-1-3-5-7/h1-5H. The van der Waals surface area contributed by atoms with Gasteiger partial charge in [-0.1, -0.05) is 30.3 Å². The van der Waals surface area contributed by atoms with Crippen molar-refractivity contribution in [2.45, 2.75) is 0 Å². The molecule has 0 saturated carbocycles. The lowest BCUT2D eigenvalue weighted by atomic mass is 10.1. The topological polar surface area (TPSA) is 0 Å². The van der Waals surface area contributed by atoms with E-state index in [1.165, 1.54) is 25.4 Å². The lowest BCUT2D eigenvalue weighted by Crippen LogP contribution is -1.95. The molecule has 0 aliphatic rings. The van der Waals surface area contributed by atoms with Crippen LogP contribution in [0.3, 0.4) is 0 Å². The fourth-order valence-corrected chi connectivity index (χ4v) is 4.92. The van der Waals surface area contributed by atoms with Gasteiger partial charge in [-0.05, 0) is 95.9 Å². The molecular formula is C12H5I4. The van der Waals surface area contributed by atoms with Crippen LogP contribution in [0.2, 0.25) is 0 Å². The summed E-state index contributed by atoms with van der Waals surface area (Å²) in [6, 6.07) is 13.9. The van der Waals surface area contributed by atoms with Crippen LogP contribution in [0.1, 0.15) is 0 Å². The second-order valence-corrected chi connectivity index (χ2v) is 7.44. The summed E-state index contributed by atoms with van der Waals surface area (Å²) in [4.78, 5) is 0. The summed E-state index contributed by atoms with van der Waals surface area (Å²) in [5, 5.41) is 0. The van der Waals surface area contributed by atoms with Crippen molar-refractivity contribution in [2.24, 2.45) is 0 Å². The van der Waals surface area contributed by atoms with Crippen molar-refractivity contribution in [3.63, 3.8) is 0 Å². The molecule has 1 radical (unpaired) electrons. The van der Waals surface area contributed by atoms with Crippen LogP contribution in [-0.4, -0.2) is 0 Å². The Kier molecular flexibility index (Phi) is 5.17. The Hall–Kier alpha value is 1.36. The fourth-order valence-electron chi connectivity index (χ4n) is 1.38. The minimum absolute atomic E-state index is 1.20. The molecular weight excluding hydrogens is 652 g/mol. The van der Waals surface area contributed by atoms with E-state index in [9.17, 15) is 0 Å². The second kappa shape index (κ2) is 6.00. The molecule has 2 aromatic carbocycles. The first-order chi connectivity index (χ1) is 7.61. The average molecular weight is 657 g/mol. The quantitative estimate of drug-likeness (QED) is 0.278. The van der Waals surface area contributed by atoms with Gasteiger partial charge in [0, 0.05) is 25.9 Å². The van der Waals surface area contributed by atoms with Gasteiger partial charge in [-0.15, -0.1) is 0 Å². The lowest BCUT2D eigenvalue weighted by Gasteiger charge is -2.11.